The van der Waals surface area contributed by atoms with Gasteiger partial charge in [0.2, 0.25) is 15.9 Å². The average Bonchev–Trinajstić information content (AvgIpc) is 2.78. The van der Waals surface area contributed by atoms with E-state index in [2.05, 4.69) is 17.4 Å². The Kier molecular flexibility index (Phi) is 7.97. The van der Waals surface area contributed by atoms with Gasteiger partial charge in [0.15, 0.2) is 0 Å². The van der Waals surface area contributed by atoms with Crippen molar-refractivity contribution in [3.05, 3.63) is 59.1 Å². The number of aryl methyl sites for hydroxylation is 1. The number of halogens is 1. The van der Waals surface area contributed by atoms with Crippen LogP contribution in [0.1, 0.15) is 31.7 Å². The van der Waals surface area contributed by atoms with Gasteiger partial charge in [-0.05, 0) is 56.4 Å². The van der Waals surface area contributed by atoms with Crippen molar-refractivity contribution >= 4 is 27.5 Å². The summed E-state index contributed by atoms with van der Waals surface area (Å²) in [5, 5.41) is 3.30. The Hall–Kier alpha value is -2.09. The molecule has 0 aliphatic carbocycles. The molecule has 1 aliphatic heterocycles. The molecule has 3 rings (SSSR count). The molecule has 31 heavy (non-hydrogen) atoms. The summed E-state index contributed by atoms with van der Waals surface area (Å²) in [5.41, 5.74) is 1.23. The monoisotopic (exact) mass is 464 g/mol. The number of benzene rings is 2. The molecule has 8 heteroatoms. The highest BCUT2D eigenvalue weighted by molar-refractivity contribution is 7.89. The summed E-state index contributed by atoms with van der Waals surface area (Å²) in [6.07, 6.45) is 3.02. The zero-order valence-electron chi connectivity index (χ0n) is 17.9. The van der Waals surface area contributed by atoms with Crippen molar-refractivity contribution in [1.82, 2.24) is 9.62 Å². The number of hydrogen-bond donors (Lipinski definition) is 1. The number of hydrogen-bond acceptors (Lipinski definition) is 4. The third-order valence-corrected chi connectivity index (χ3v) is 7.77. The van der Waals surface area contributed by atoms with Crippen LogP contribution in [0.4, 0.5) is 0 Å². The van der Waals surface area contributed by atoms with Crippen LogP contribution in [0.2, 0.25) is 5.02 Å². The van der Waals surface area contributed by atoms with Crippen molar-refractivity contribution < 1.29 is 17.9 Å². The molecule has 1 saturated heterocycles. The van der Waals surface area contributed by atoms with Gasteiger partial charge in [-0.3, -0.25) is 4.79 Å². The van der Waals surface area contributed by atoms with Gasteiger partial charge in [0.05, 0.1) is 22.9 Å². The van der Waals surface area contributed by atoms with Crippen molar-refractivity contribution in [3.63, 3.8) is 0 Å². The predicted octanol–water partition coefficient (Wildman–Crippen LogP) is 3.89. The predicted molar refractivity (Wildman–Crippen MR) is 122 cm³/mol. The van der Waals surface area contributed by atoms with Gasteiger partial charge < -0.3 is 10.1 Å². The fourth-order valence-corrected chi connectivity index (χ4v) is 5.67. The number of carbonyl (C=O) groups excluding carboxylic acids is 1. The lowest BCUT2D eigenvalue weighted by Gasteiger charge is -2.32. The van der Waals surface area contributed by atoms with Gasteiger partial charge in [-0.15, -0.1) is 0 Å². The molecule has 0 spiro atoms. The summed E-state index contributed by atoms with van der Waals surface area (Å²) in [4.78, 5) is 12.9. The van der Waals surface area contributed by atoms with Crippen molar-refractivity contribution in [1.29, 1.82) is 0 Å². The molecule has 0 aromatic heterocycles. The molecule has 2 atom stereocenters. The number of nitrogens with zero attached hydrogens (tertiary/aromatic N) is 1. The summed E-state index contributed by atoms with van der Waals surface area (Å²) in [5.74, 6) is -0.0364. The molecule has 1 fully saturated rings. The van der Waals surface area contributed by atoms with Gasteiger partial charge in [0, 0.05) is 19.1 Å². The van der Waals surface area contributed by atoms with Crippen LogP contribution in [0.3, 0.4) is 0 Å². The Labute approximate surface area is 189 Å². The fraction of sp³-hybridized carbons (Fsp3) is 0.435. The zero-order chi connectivity index (χ0) is 22.4. The average molecular weight is 465 g/mol. The summed E-state index contributed by atoms with van der Waals surface area (Å²) >= 11 is 6.11. The Morgan fingerprint density at radius 2 is 2.00 bits per heavy atom. The van der Waals surface area contributed by atoms with E-state index in [9.17, 15) is 13.2 Å². The number of rotatable bonds is 8. The van der Waals surface area contributed by atoms with Gasteiger partial charge in [-0.25, -0.2) is 8.42 Å². The van der Waals surface area contributed by atoms with Crippen molar-refractivity contribution in [3.8, 4) is 5.75 Å². The summed E-state index contributed by atoms with van der Waals surface area (Å²) in [7, 11) is -2.26. The number of amides is 1. The normalized spacial score (nSPS) is 18.4. The van der Waals surface area contributed by atoms with Crippen LogP contribution in [0, 0.1) is 5.92 Å². The Bertz CT molecular complexity index is 998. The molecule has 1 heterocycles. The Morgan fingerprint density at radius 1 is 1.26 bits per heavy atom. The first-order valence-corrected chi connectivity index (χ1v) is 12.3. The van der Waals surface area contributed by atoms with E-state index in [1.807, 2.05) is 25.1 Å². The van der Waals surface area contributed by atoms with Gasteiger partial charge in [-0.1, -0.05) is 41.9 Å². The van der Waals surface area contributed by atoms with E-state index in [4.69, 9.17) is 16.3 Å². The fourth-order valence-electron chi connectivity index (χ4n) is 3.79. The van der Waals surface area contributed by atoms with Crippen molar-refractivity contribution in [2.75, 3.05) is 20.2 Å². The Balaban J connectivity index is 1.60. The molecule has 0 unspecified atom stereocenters. The molecule has 2 aromatic carbocycles. The number of piperidine rings is 1. The maximum absolute atomic E-state index is 13.1. The molecule has 1 amide bonds. The van der Waals surface area contributed by atoms with Crippen molar-refractivity contribution in [2.24, 2.45) is 5.92 Å². The number of nitrogens with one attached hydrogen (secondary N) is 1. The highest BCUT2D eigenvalue weighted by atomic mass is 35.5. The lowest BCUT2D eigenvalue weighted by Crippen LogP contribution is -2.47. The molecule has 168 valence electrons. The van der Waals surface area contributed by atoms with Gasteiger partial charge >= 0.3 is 0 Å². The second-order valence-electron chi connectivity index (χ2n) is 7.93. The first kappa shape index (κ1) is 23.6. The van der Waals surface area contributed by atoms with Gasteiger partial charge in [0.25, 0.3) is 0 Å². The highest BCUT2D eigenvalue weighted by Gasteiger charge is 2.34. The number of ether oxygens (including phenoxy) is 1. The molecular weight excluding hydrogens is 436 g/mol. The maximum atomic E-state index is 13.1. The molecular formula is C23H29ClN2O4S. The van der Waals surface area contributed by atoms with Gasteiger partial charge in [-0.2, -0.15) is 4.31 Å². The van der Waals surface area contributed by atoms with Crippen LogP contribution < -0.4 is 10.1 Å². The minimum atomic E-state index is -3.74. The molecule has 1 N–H and O–H groups in total. The topological polar surface area (TPSA) is 75.7 Å². The van der Waals surface area contributed by atoms with E-state index in [0.29, 0.717) is 25.1 Å². The first-order valence-electron chi connectivity index (χ1n) is 10.5. The molecule has 6 nitrogen and oxygen atoms in total. The second-order valence-corrected chi connectivity index (χ2v) is 10.3. The van der Waals surface area contributed by atoms with E-state index in [1.165, 1.54) is 35.2 Å². The summed E-state index contributed by atoms with van der Waals surface area (Å²) in [6.45, 7) is 2.54. The van der Waals surface area contributed by atoms with Crippen molar-refractivity contribution in [2.45, 2.75) is 43.5 Å². The van der Waals surface area contributed by atoms with E-state index in [1.54, 1.807) is 0 Å². The minimum absolute atomic E-state index is 0.0140. The molecule has 0 saturated carbocycles. The largest absolute Gasteiger partial charge is 0.495 e. The van der Waals surface area contributed by atoms with E-state index < -0.39 is 10.0 Å². The highest BCUT2D eigenvalue weighted by Crippen LogP contribution is 2.30. The minimum Gasteiger partial charge on any atom is -0.495 e. The third kappa shape index (κ3) is 5.99. The maximum Gasteiger partial charge on any atom is 0.243 e. The van der Waals surface area contributed by atoms with Crippen LogP contribution in [0.5, 0.6) is 5.75 Å². The Morgan fingerprint density at radius 3 is 2.68 bits per heavy atom. The van der Waals surface area contributed by atoms with Crippen LogP contribution >= 0.6 is 11.6 Å². The number of methoxy groups -OCH3 is 1. The SMILES string of the molecule is COc1ccc(S(=O)(=O)N2CCC[C@@H](C(=O)N[C@@H](C)CCc3ccccc3)C2)cc1Cl. The number of sulfonamides is 1. The van der Waals surface area contributed by atoms with E-state index >= 15 is 0 Å². The van der Waals surface area contributed by atoms with Crippen LogP contribution in [0.15, 0.2) is 53.4 Å². The quantitative estimate of drug-likeness (QED) is 0.643. The van der Waals surface area contributed by atoms with Crippen LogP contribution in [-0.2, 0) is 21.2 Å². The van der Waals surface area contributed by atoms with Gasteiger partial charge in [0.1, 0.15) is 5.75 Å². The zero-order valence-corrected chi connectivity index (χ0v) is 19.5. The second kappa shape index (κ2) is 10.5. The summed E-state index contributed by atoms with van der Waals surface area (Å²) in [6, 6.07) is 14.6. The molecule has 0 radical (unpaired) electrons. The van der Waals surface area contributed by atoms with Crippen LogP contribution in [0.25, 0.3) is 0 Å². The van der Waals surface area contributed by atoms with E-state index in [-0.39, 0.29) is 34.3 Å². The smallest absolute Gasteiger partial charge is 0.243 e. The summed E-state index contributed by atoms with van der Waals surface area (Å²) < 4.78 is 32.6. The molecule has 1 aliphatic rings. The first-order chi connectivity index (χ1) is 14.8. The standard InChI is InChI=1S/C23H29ClN2O4S/c1-17(10-11-18-7-4-3-5-8-18)25-23(27)19-9-6-14-26(16-19)31(28,29)20-12-13-22(30-2)21(24)15-20/h3-5,7-8,12-13,15,17,19H,6,9-11,14,16H2,1-2H3,(H,25,27)/t17-,19+/m0/s1. The van der Waals surface area contributed by atoms with Crippen LogP contribution in [-0.4, -0.2) is 44.9 Å². The molecule has 2 aromatic rings. The number of carbonyl (C=O) groups is 1. The lowest BCUT2D eigenvalue weighted by molar-refractivity contribution is -0.126. The third-order valence-electron chi connectivity index (χ3n) is 5.61. The van der Waals surface area contributed by atoms with E-state index in [0.717, 1.165) is 12.8 Å². The lowest BCUT2D eigenvalue weighted by atomic mass is 9.98. The molecule has 0 bridgehead atoms.